The number of rotatable bonds is 4. The molecule has 0 radical (unpaired) electrons. The van der Waals surface area contributed by atoms with Crippen molar-refractivity contribution in [1.29, 1.82) is 0 Å². The zero-order valence-corrected chi connectivity index (χ0v) is 11.2. The van der Waals surface area contributed by atoms with Gasteiger partial charge in [0, 0.05) is 36.5 Å². The van der Waals surface area contributed by atoms with Gasteiger partial charge >= 0.3 is 0 Å². The van der Waals surface area contributed by atoms with E-state index in [0.717, 1.165) is 17.7 Å². The Morgan fingerprint density at radius 1 is 1.21 bits per heavy atom. The molecule has 0 bridgehead atoms. The number of hydrogen-bond donors (Lipinski definition) is 1. The minimum absolute atomic E-state index is 0.00590. The van der Waals surface area contributed by atoms with Gasteiger partial charge in [0.2, 0.25) is 0 Å². The van der Waals surface area contributed by atoms with E-state index in [-0.39, 0.29) is 12.1 Å². The third kappa shape index (κ3) is 3.17. The average molecular weight is 265 g/mol. The van der Waals surface area contributed by atoms with Crippen LogP contribution in [0.25, 0.3) is 0 Å². The number of hydrogen-bond acceptors (Lipinski definition) is 2. The molecule has 0 fully saturated rings. The molecule has 0 aliphatic heterocycles. The van der Waals surface area contributed by atoms with Crippen LogP contribution in [-0.4, -0.2) is 9.78 Å². The topological polar surface area (TPSA) is 29.9 Å². The van der Waals surface area contributed by atoms with E-state index in [0.29, 0.717) is 5.56 Å². The largest absolute Gasteiger partial charge is 0.303 e. The Balaban J connectivity index is 2.12. The number of nitrogens with zero attached hydrogens (tertiary/aromatic N) is 2. The van der Waals surface area contributed by atoms with Crippen LogP contribution in [0, 0.1) is 11.6 Å². The smallest absolute Gasteiger partial charge is 0.128 e. The average Bonchev–Trinajstić information content (AvgIpc) is 2.79. The van der Waals surface area contributed by atoms with Gasteiger partial charge in [0.05, 0.1) is 6.20 Å². The highest BCUT2D eigenvalue weighted by Crippen LogP contribution is 2.22. The van der Waals surface area contributed by atoms with E-state index >= 15 is 0 Å². The van der Waals surface area contributed by atoms with Crippen molar-refractivity contribution in [2.45, 2.75) is 25.9 Å². The molecule has 0 amide bonds. The van der Waals surface area contributed by atoms with E-state index in [4.69, 9.17) is 0 Å². The Hall–Kier alpha value is -1.75. The first-order valence-electron chi connectivity index (χ1n) is 6.17. The Bertz CT molecular complexity index is 566. The normalized spacial score (nSPS) is 14.4. The summed E-state index contributed by atoms with van der Waals surface area (Å²) in [6.45, 7) is 3.77. The quantitative estimate of drug-likeness (QED) is 0.920. The van der Waals surface area contributed by atoms with E-state index in [2.05, 4.69) is 10.4 Å². The van der Waals surface area contributed by atoms with Crippen LogP contribution in [-0.2, 0) is 7.05 Å². The fourth-order valence-corrected chi connectivity index (χ4v) is 2.07. The fourth-order valence-electron chi connectivity index (χ4n) is 2.07. The van der Waals surface area contributed by atoms with Crippen LogP contribution >= 0.6 is 0 Å². The van der Waals surface area contributed by atoms with Crippen molar-refractivity contribution < 1.29 is 8.78 Å². The monoisotopic (exact) mass is 265 g/mol. The molecule has 2 unspecified atom stereocenters. The molecule has 2 rings (SSSR count). The van der Waals surface area contributed by atoms with Crippen molar-refractivity contribution in [1.82, 2.24) is 15.1 Å². The van der Waals surface area contributed by atoms with Gasteiger partial charge in [-0.15, -0.1) is 0 Å². The van der Waals surface area contributed by atoms with Crippen molar-refractivity contribution in [3.63, 3.8) is 0 Å². The summed E-state index contributed by atoms with van der Waals surface area (Å²) in [5, 5.41) is 7.33. The van der Waals surface area contributed by atoms with Gasteiger partial charge in [-0.2, -0.15) is 5.10 Å². The van der Waals surface area contributed by atoms with Crippen molar-refractivity contribution in [3.05, 3.63) is 53.4 Å². The maximum atomic E-state index is 13.7. The summed E-state index contributed by atoms with van der Waals surface area (Å²) in [4.78, 5) is 0. The third-order valence-electron chi connectivity index (χ3n) is 3.15. The molecular formula is C14H17F2N3. The second kappa shape index (κ2) is 5.48. The number of aromatic nitrogens is 2. The molecule has 5 heteroatoms. The van der Waals surface area contributed by atoms with Gasteiger partial charge in [-0.25, -0.2) is 8.78 Å². The fraction of sp³-hybridized carbons (Fsp3) is 0.357. The molecule has 2 atom stereocenters. The molecule has 102 valence electrons. The summed E-state index contributed by atoms with van der Waals surface area (Å²) in [5.74, 6) is -0.834. The maximum Gasteiger partial charge on any atom is 0.128 e. The highest BCUT2D eigenvalue weighted by Gasteiger charge is 2.16. The summed E-state index contributed by atoms with van der Waals surface area (Å²) in [6.07, 6.45) is 3.65. The van der Waals surface area contributed by atoms with Crippen molar-refractivity contribution >= 4 is 0 Å². The minimum atomic E-state index is -0.431. The van der Waals surface area contributed by atoms with Crippen LogP contribution < -0.4 is 5.32 Å². The molecule has 1 heterocycles. The Morgan fingerprint density at radius 3 is 2.58 bits per heavy atom. The first-order chi connectivity index (χ1) is 8.97. The summed E-state index contributed by atoms with van der Waals surface area (Å²) >= 11 is 0. The molecule has 0 saturated heterocycles. The molecule has 1 aromatic heterocycles. The van der Waals surface area contributed by atoms with E-state index in [1.807, 2.05) is 27.1 Å². The van der Waals surface area contributed by atoms with E-state index in [1.54, 1.807) is 10.9 Å². The number of aryl methyl sites for hydroxylation is 1. The van der Waals surface area contributed by atoms with E-state index in [1.165, 1.54) is 6.07 Å². The predicted octanol–water partition coefficient (Wildman–Crippen LogP) is 3.11. The van der Waals surface area contributed by atoms with Crippen molar-refractivity contribution in [2.24, 2.45) is 7.05 Å². The molecule has 0 aliphatic carbocycles. The van der Waals surface area contributed by atoms with Crippen LogP contribution in [0.15, 0.2) is 30.6 Å². The molecule has 1 aromatic carbocycles. The molecule has 0 aliphatic rings. The van der Waals surface area contributed by atoms with Gasteiger partial charge < -0.3 is 5.32 Å². The molecule has 3 nitrogen and oxygen atoms in total. The lowest BCUT2D eigenvalue weighted by Gasteiger charge is -2.20. The first kappa shape index (κ1) is 13.7. The van der Waals surface area contributed by atoms with Crippen molar-refractivity contribution in [2.75, 3.05) is 0 Å². The molecule has 0 spiro atoms. The number of benzene rings is 1. The summed E-state index contributed by atoms with van der Waals surface area (Å²) in [7, 11) is 1.84. The lowest BCUT2D eigenvalue weighted by Crippen LogP contribution is -2.23. The number of nitrogens with one attached hydrogen (secondary N) is 1. The van der Waals surface area contributed by atoms with Gasteiger partial charge in [-0.3, -0.25) is 4.68 Å². The zero-order valence-electron chi connectivity index (χ0n) is 11.2. The van der Waals surface area contributed by atoms with E-state index in [9.17, 15) is 8.78 Å². The predicted molar refractivity (Wildman–Crippen MR) is 69.5 cm³/mol. The first-order valence-corrected chi connectivity index (χ1v) is 6.17. The van der Waals surface area contributed by atoms with Gasteiger partial charge in [-0.1, -0.05) is 0 Å². The second-order valence-corrected chi connectivity index (χ2v) is 4.72. The highest BCUT2D eigenvalue weighted by molar-refractivity contribution is 5.22. The Morgan fingerprint density at radius 2 is 1.95 bits per heavy atom. The molecule has 19 heavy (non-hydrogen) atoms. The summed E-state index contributed by atoms with van der Waals surface area (Å²) in [5.41, 5.74) is 1.34. The van der Waals surface area contributed by atoms with Crippen LogP contribution in [0.5, 0.6) is 0 Å². The number of halogens is 2. The highest BCUT2D eigenvalue weighted by atomic mass is 19.1. The lowest BCUT2D eigenvalue weighted by molar-refractivity contribution is 0.469. The molecule has 0 saturated carbocycles. The second-order valence-electron chi connectivity index (χ2n) is 4.72. The lowest BCUT2D eigenvalue weighted by atomic mass is 10.1. The molecule has 2 aromatic rings. The van der Waals surface area contributed by atoms with Crippen molar-refractivity contribution in [3.8, 4) is 0 Å². The van der Waals surface area contributed by atoms with Gasteiger partial charge in [0.25, 0.3) is 0 Å². The summed E-state index contributed by atoms with van der Waals surface area (Å²) < 4.78 is 28.5. The van der Waals surface area contributed by atoms with Crippen LogP contribution in [0.2, 0.25) is 0 Å². The van der Waals surface area contributed by atoms with Crippen LogP contribution in [0.4, 0.5) is 8.78 Å². The van der Waals surface area contributed by atoms with Crippen LogP contribution in [0.1, 0.15) is 37.1 Å². The Labute approximate surface area is 111 Å². The van der Waals surface area contributed by atoms with Crippen LogP contribution in [0.3, 0.4) is 0 Å². The summed E-state index contributed by atoms with van der Waals surface area (Å²) in [6, 6.07) is 3.22. The maximum absolute atomic E-state index is 13.7. The molecule has 1 N–H and O–H groups in total. The zero-order chi connectivity index (χ0) is 14.0. The van der Waals surface area contributed by atoms with Gasteiger partial charge in [-0.05, 0) is 32.0 Å². The molecular weight excluding hydrogens is 248 g/mol. The van der Waals surface area contributed by atoms with Gasteiger partial charge in [0.1, 0.15) is 11.6 Å². The van der Waals surface area contributed by atoms with E-state index < -0.39 is 11.6 Å². The SMILES string of the molecule is CC(NC(C)c1cc(F)ccc1F)c1cnn(C)c1. The minimum Gasteiger partial charge on any atom is -0.303 e. The Kier molecular flexibility index (Phi) is 3.95. The van der Waals surface area contributed by atoms with Gasteiger partial charge in [0.15, 0.2) is 0 Å². The standard InChI is InChI=1S/C14H17F2N3/c1-9(11-7-17-19(3)8-11)18-10(2)13-6-12(15)4-5-14(13)16/h4-10,18H,1-3H3. The third-order valence-corrected chi connectivity index (χ3v) is 3.15.